The van der Waals surface area contributed by atoms with Gasteiger partial charge in [-0.15, -0.1) is 0 Å². The third kappa shape index (κ3) is 12.8. The van der Waals surface area contributed by atoms with Gasteiger partial charge < -0.3 is 34.5 Å². The first kappa shape index (κ1) is 35.7. The van der Waals surface area contributed by atoms with Crippen LogP contribution in [0.2, 0.25) is 0 Å². The van der Waals surface area contributed by atoms with E-state index in [4.69, 9.17) is 29.4 Å². The topological polar surface area (TPSA) is 161 Å². The smallest absolute Gasteiger partial charge is 0.480 e. The molecule has 0 saturated carbocycles. The Balaban J connectivity index is 3.24. The summed E-state index contributed by atoms with van der Waals surface area (Å²) in [6.07, 6.45) is -3.95. The van der Waals surface area contributed by atoms with E-state index in [1.165, 1.54) is 18.2 Å². The summed E-state index contributed by atoms with van der Waals surface area (Å²) in [5.74, 6) is -2.03. The molecule has 1 aromatic carbocycles. The van der Waals surface area contributed by atoms with E-state index in [0.29, 0.717) is 5.56 Å². The fourth-order valence-electron chi connectivity index (χ4n) is 3.48. The van der Waals surface area contributed by atoms with Crippen molar-refractivity contribution in [2.45, 2.75) is 112 Å². The normalized spacial score (nSPS) is 15.3. The highest BCUT2D eigenvalue weighted by Crippen LogP contribution is 2.32. The Hall–Kier alpha value is -3.34. The van der Waals surface area contributed by atoms with Crippen LogP contribution in [0, 0.1) is 17.3 Å². The number of nitrogens with two attached hydrogens (primary N) is 1. The Kier molecular flexibility index (Phi) is 13.1. The second-order valence-corrected chi connectivity index (χ2v) is 12.5. The molecule has 41 heavy (non-hydrogen) atoms. The molecule has 0 radical (unpaired) electrons. The van der Waals surface area contributed by atoms with Gasteiger partial charge in [0.25, 0.3) is 0 Å². The fourth-order valence-corrected chi connectivity index (χ4v) is 3.48. The minimum absolute atomic E-state index is 0.0185. The van der Waals surface area contributed by atoms with Gasteiger partial charge >= 0.3 is 24.2 Å². The molecule has 0 aromatic heterocycles. The number of carboxylic acid groups (broad SMARTS) is 1. The highest BCUT2D eigenvalue weighted by atomic mass is 16.7. The van der Waals surface area contributed by atoms with Gasteiger partial charge in [-0.1, -0.05) is 54.5 Å². The molecule has 0 aliphatic rings. The Morgan fingerprint density at radius 3 is 1.73 bits per heavy atom. The lowest BCUT2D eigenvalue weighted by molar-refractivity contribution is -0.154. The summed E-state index contributed by atoms with van der Waals surface area (Å²) < 4.78 is 26.6. The zero-order chi connectivity index (χ0) is 31.7. The first-order valence-corrected chi connectivity index (χ1v) is 13.8. The molecule has 1 rings (SSSR count). The predicted octanol–water partition coefficient (Wildman–Crippen LogP) is 5.89. The first-order valence-electron chi connectivity index (χ1n) is 13.8. The number of rotatable bonds is 13. The molecule has 0 amide bonds. The van der Waals surface area contributed by atoms with E-state index in [-0.39, 0.29) is 48.0 Å². The van der Waals surface area contributed by atoms with Crippen LogP contribution in [0.15, 0.2) is 18.2 Å². The zero-order valence-corrected chi connectivity index (χ0v) is 25.9. The van der Waals surface area contributed by atoms with Gasteiger partial charge in [0.2, 0.25) is 0 Å². The number of carbonyl (C=O) groups excluding carboxylic acids is 3. The van der Waals surface area contributed by atoms with Crippen LogP contribution in [0.3, 0.4) is 0 Å². The molecule has 0 fully saturated rings. The summed E-state index contributed by atoms with van der Waals surface area (Å²) in [4.78, 5) is 49.4. The summed E-state index contributed by atoms with van der Waals surface area (Å²) in [7, 11) is 0. The van der Waals surface area contributed by atoms with Gasteiger partial charge in [0, 0.05) is 12.8 Å². The summed E-state index contributed by atoms with van der Waals surface area (Å²) in [6.45, 7) is 18.1. The number of aliphatic carboxylic acids is 1. The summed E-state index contributed by atoms with van der Waals surface area (Å²) >= 11 is 0. The van der Waals surface area contributed by atoms with E-state index >= 15 is 0 Å². The van der Waals surface area contributed by atoms with Crippen molar-refractivity contribution in [1.82, 2.24) is 0 Å². The number of esters is 1. The van der Waals surface area contributed by atoms with Crippen molar-refractivity contribution < 1.29 is 48.0 Å². The Morgan fingerprint density at radius 1 is 0.805 bits per heavy atom. The molecule has 0 heterocycles. The summed E-state index contributed by atoms with van der Waals surface area (Å²) in [6, 6.07) is 4.18. The Labute approximate surface area is 243 Å². The van der Waals surface area contributed by atoms with Gasteiger partial charge in [0.05, 0.1) is 6.42 Å². The van der Waals surface area contributed by atoms with E-state index in [9.17, 15) is 24.3 Å². The minimum atomic E-state index is -1.83. The minimum Gasteiger partial charge on any atom is -0.480 e. The second kappa shape index (κ2) is 15.0. The van der Waals surface area contributed by atoms with E-state index in [2.05, 4.69) is 0 Å². The summed E-state index contributed by atoms with van der Waals surface area (Å²) in [5.41, 5.74) is 4.53. The molecule has 0 aliphatic heterocycles. The number of hydrogen-bond donors (Lipinski definition) is 2. The van der Waals surface area contributed by atoms with Crippen molar-refractivity contribution in [2.24, 2.45) is 23.0 Å². The van der Waals surface area contributed by atoms with Crippen LogP contribution >= 0.6 is 0 Å². The molecule has 1 aromatic rings. The Morgan fingerprint density at radius 2 is 1.29 bits per heavy atom. The van der Waals surface area contributed by atoms with Crippen molar-refractivity contribution in [3.05, 3.63) is 23.8 Å². The lowest BCUT2D eigenvalue weighted by atomic mass is 9.86. The van der Waals surface area contributed by atoms with Gasteiger partial charge in [-0.3, -0.25) is 9.59 Å². The lowest BCUT2D eigenvalue weighted by Gasteiger charge is -2.28. The van der Waals surface area contributed by atoms with Gasteiger partial charge in [-0.25, -0.2) is 9.59 Å². The lowest BCUT2D eigenvalue weighted by Crippen LogP contribution is -2.52. The summed E-state index contributed by atoms with van der Waals surface area (Å²) in [5, 5.41) is 9.97. The van der Waals surface area contributed by atoms with Crippen LogP contribution in [0.1, 0.15) is 87.6 Å². The van der Waals surface area contributed by atoms with Gasteiger partial charge in [-0.2, -0.15) is 0 Å². The van der Waals surface area contributed by atoms with Crippen molar-refractivity contribution in [3.63, 3.8) is 0 Å². The third-order valence-corrected chi connectivity index (χ3v) is 6.44. The molecule has 0 saturated heterocycles. The highest BCUT2D eigenvalue weighted by molar-refractivity contribution is 5.79. The van der Waals surface area contributed by atoms with Crippen molar-refractivity contribution in [1.29, 1.82) is 0 Å². The number of carbonyl (C=O) groups is 4. The zero-order valence-electron chi connectivity index (χ0n) is 25.9. The van der Waals surface area contributed by atoms with Crippen LogP contribution in [-0.4, -0.2) is 53.2 Å². The second-order valence-electron chi connectivity index (χ2n) is 12.5. The molecule has 0 spiro atoms. The van der Waals surface area contributed by atoms with E-state index in [0.717, 1.165) is 0 Å². The van der Waals surface area contributed by atoms with Gasteiger partial charge in [0.1, 0.15) is 23.9 Å². The van der Waals surface area contributed by atoms with E-state index in [1.807, 2.05) is 48.5 Å². The average molecular weight is 582 g/mol. The van der Waals surface area contributed by atoms with Crippen molar-refractivity contribution >= 4 is 24.2 Å². The third-order valence-electron chi connectivity index (χ3n) is 6.44. The molecule has 3 N–H and O–H groups in total. The molecule has 3 unspecified atom stereocenters. The molecule has 0 aliphatic carbocycles. The standard InChI is InChI=1S/C30H47NO10/c1-17(2)20(6)38-27(35)40-23-12-11-22(13-24(23)41-28(36)39-21(7)18(3)4)15-30(31,26(33)34)14-19(5)37-25(32)16-29(8,9)10/h11-13,17-21H,14-16,31H2,1-10H3,(H,33,34)/t19-,20?,21?,30?/m0/s1. The van der Waals surface area contributed by atoms with E-state index < -0.39 is 48.1 Å². The van der Waals surface area contributed by atoms with Crippen LogP contribution < -0.4 is 15.2 Å². The maximum absolute atomic E-state index is 12.5. The quantitative estimate of drug-likeness (QED) is 0.162. The Bertz CT molecular complexity index is 1060. The van der Waals surface area contributed by atoms with Crippen LogP contribution in [-0.2, 0) is 30.2 Å². The average Bonchev–Trinajstić information content (AvgIpc) is 2.78. The highest BCUT2D eigenvalue weighted by Gasteiger charge is 2.37. The maximum atomic E-state index is 12.5. The van der Waals surface area contributed by atoms with Gasteiger partial charge in [-0.05, 0) is 55.7 Å². The largest absolute Gasteiger partial charge is 0.514 e. The van der Waals surface area contributed by atoms with E-state index in [1.54, 1.807) is 20.8 Å². The first-order chi connectivity index (χ1) is 18.7. The SMILES string of the molecule is CC(C)C(C)OC(=O)Oc1ccc(CC(N)(C[C@H](C)OC(=O)CC(C)(C)C)C(=O)O)cc1OC(=O)OC(C)C(C)C. The van der Waals surface area contributed by atoms with Gasteiger partial charge in [0.15, 0.2) is 11.5 Å². The molecule has 4 atom stereocenters. The molecular weight excluding hydrogens is 534 g/mol. The van der Waals surface area contributed by atoms with Crippen molar-refractivity contribution in [2.75, 3.05) is 0 Å². The van der Waals surface area contributed by atoms with Crippen LogP contribution in [0.4, 0.5) is 9.59 Å². The van der Waals surface area contributed by atoms with Crippen LogP contribution in [0.25, 0.3) is 0 Å². The molecular formula is C30H47NO10. The fraction of sp³-hybridized carbons (Fsp3) is 0.667. The number of carboxylic acids is 1. The van der Waals surface area contributed by atoms with Crippen molar-refractivity contribution in [3.8, 4) is 11.5 Å². The van der Waals surface area contributed by atoms with Crippen LogP contribution in [0.5, 0.6) is 11.5 Å². The monoisotopic (exact) mass is 581 g/mol. The molecule has 0 bridgehead atoms. The number of hydrogen-bond acceptors (Lipinski definition) is 10. The molecule has 232 valence electrons. The molecule has 11 nitrogen and oxygen atoms in total. The predicted molar refractivity (Wildman–Crippen MR) is 152 cm³/mol. The molecule has 11 heteroatoms. The number of benzene rings is 1. The number of ether oxygens (including phenoxy) is 5. The maximum Gasteiger partial charge on any atom is 0.514 e.